The molecule has 1 rings (SSSR count). The molecule has 1 nitrogen and oxygen atoms in total. The van der Waals surface area contributed by atoms with Gasteiger partial charge in [-0.2, -0.15) is 0 Å². The Morgan fingerprint density at radius 3 is 2.86 bits per heavy atom. The van der Waals surface area contributed by atoms with Crippen LogP contribution in [0.1, 0.15) is 24.5 Å². The quantitative estimate of drug-likeness (QED) is 0.764. The van der Waals surface area contributed by atoms with Crippen LogP contribution in [0.25, 0.3) is 0 Å². The molecule has 1 N–H and O–H groups in total. The predicted octanol–water partition coefficient (Wildman–Crippen LogP) is 2.93. The maximum atomic E-state index is 13.2. The zero-order chi connectivity index (χ0) is 10.6. The highest BCUT2D eigenvalue weighted by Crippen LogP contribution is 2.28. The number of terminal acetylenes is 1. The molecule has 0 saturated heterocycles. The summed E-state index contributed by atoms with van der Waals surface area (Å²) in [4.78, 5) is 0. The summed E-state index contributed by atoms with van der Waals surface area (Å²) in [6, 6.07) is 4.30. The van der Waals surface area contributed by atoms with E-state index >= 15 is 0 Å². The SMILES string of the molecule is C#CCCC(O)c1c(F)cccc1Cl. The maximum absolute atomic E-state index is 13.2. The summed E-state index contributed by atoms with van der Waals surface area (Å²) in [6.45, 7) is 0. The van der Waals surface area contributed by atoms with Crippen molar-refractivity contribution in [1.82, 2.24) is 0 Å². The number of halogens is 2. The highest BCUT2D eigenvalue weighted by molar-refractivity contribution is 6.31. The van der Waals surface area contributed by atoms with Crippen LogP contribution in [-0.2, 0) is 0 Å². The summed E-state index contributed by atoms with van der Waals surface area (Å²) in [5.74, 6) is 1.88. The maximum Gasteiger partial charge on any atom is 0.130 e. The minimum Gasteiger partial charge on any atom is -0.388 e. The van der Waals surface area contributed by atoms with Gasteiger partial charge < -0.3 is 5.11 Å². The van der Waals surface area contributed by atoms with E-state index in [1.165, 1.54) is 12.1 Å². The Morgan fingerprint density at radius 2 is 2.29 bits per heavy atom. The van der Waals surface area contributed by atoms with Crippen LogP contribution in [0.2, 0.25) is 5.02 Å². The van der Waals surface area contributed by atoms with E-state index in [0.717, 1.165) is 0 Å². The largest absolute Gasteiger partial charge is 0.388 e. The molecule has 0 amide bonds. The van der Waals surface area contributed by atoms with Crippen molar-refractivity contribution in [3.63, 3.8) is 0 Å². The van der Waals surface area contributed by atoms with Gasteiger partial charge in [0, 0.05) is 17.0 Å². The Bertz CT molecular complexity index is 337. The van der Waals surface area contributed by atoms with Crippen molar-refractivity contribution in [1.29, 1.82) is 0 Å². The standard InChI is InChI=1S/C11H10ClFO/c1-2-3-7-10(14)11-8(12)5-4-6-9(11)13/h1,4-6,10,14H,3,7H2. The highest BCUT2D eigenvalue weighted by Gasteiger charge is 2.15. The van der Waals surface area contributed by atoms with Crippen LogP contribution < -0.4 is 0 Å². The molecule has 1 aromatic carbocycles. The molecule has 0 aliphatic carbocycles. The second kappa shape index (κ2) is 4.99. The van der Waals surface area contributed by atoms with Crippen molar-refractivity contribution in [2.24, 2.45) is 0 Å². The lowest BCUT2D eigenvalue weighted by Gasteiger charge is -2.11. The molecule has 0 fully saturated rings. The van der Waals surface area contributed by atoms with E-state index in [9.17, 15) is 9.50 Å². The van der Waals surface area contributed by atoms with E-state index in [1.807, 2.05) is 0 Å². The Morgan fingerprint density at radius 1 is 1.57 bits per heavy atom. The van der Waals surface area contributed by atoms with Crippen LogP contribution in [0, 0.1) is 18.2 Å². The molecule has 0 heterocycles. The summed E-state index contributed by atoms with van der Waals surface area (Å²) in [6.07, 6.45) is 4.82. The first-order valence-corrected chi connectivity index (χ1v) is 4.60. The topological polar surface area (TPSA) is 20.2 Å². The van der Waals surface area contributed by atoms with Crippen molar-refractivity contribution >= 4 is 11.6 Å². The van der Waals surface area contributed by atoms with Gasteiger partial charge in [0.1, 0.15) is 5.82 Å². The van der Waals surface area contributed by atoms with Crippen LogP contribution in [-0.4, -0.2) is 5.11 Å². The zero-order valence-corrected chi connectivity index (χ0v) is 8.26. The summed E-state index contributed by atoms with van der Waals surface area (Å²) in [5.41, 5.74) is 0.129. The fraction of sp³-hybridized carbons (Fsp3) is 0.273. The molecule has 0 radical (unpaired) electrons. The molecule has 3 heteroatoms. The van der Waals surface area contributed by atoms with Crippen molar-refractivity contribution in [3.8, 4) is 12.3 Å². The molecule has 74 valence electrons. The Kier molecular flexibility index (Phi) is 3.94. The smallest absolute Gasteiger partial charge is 0.130 e. The van der Waals surface area contributed by atoms with Crippen molar-refractivity contribution in [2.75, 3.05) is 0 Å². The first-order valence-electron chi connectivity index (χ1n) is 4.22. The fourth-order valence-corrected chi connectivity index (χ4v) is 1.48. The van der Waals surface area contributed by atoms with E-state index < -0.39 is 11.9 Å². The lowest BCUT2D eigenvalue weighted by Crippen LogP contribution is -2.01. The molecule has 1 aromatic rings. The van der Waals surface area contributed by atoms with E-state index in [0.29, 0.717) is 12.8 Å². The Balaban J connectivity index is 2.89. The number of benzene rings is 1. The van der Waals surface area contributed by atoms with Gasteiger partial charge in [-0.15, -0.1) is 12.3 Å². The number of rotatable bonds is 3. The average Bonchev–Trinajstić information content (AvgIpc) is 2.14. The van der Waals surface area contributed by atoms with Gasteiger partial charge in [-0.05, 0) is 18.6 Å². The van der Waals surface area contributed by atoms with Crippen molar-refractivity contribution in [2.45, 2.75) is 18.9 Å². The monoisotopic (exact) mass is 212 g/mol. The molecule has 14 heavy (non-hydrogen) atoms. The van der Waals surface area contributed by atoms with Crippen LogP contribution in [0.15, 0.2) is 18.2 Å². The van der Waals surface area contributed by atoms with Crippen molar-refractivity contribution in [3.05, 3.63) is 34.6 Å². The molecule has 1 unspecified atom stereocenters. The van der Waals surface area contributed by atoms with Gasteiger partial charge in [-0.3, -0.25) is 0 Å². The molecular formula is C11H10ClFO. The summed E-state index contributed by atoms with van der Waals surface area (Å²) in [5, 5.41) is 9.82. The minimum atomic E-state index is -0.931. The van der Waals surface area contributed by atoms with Gasteiger partial charge in [-0.1, -0.05) is 17.7 Å². The average molecular weight is 213 g/mol. The van der Waals surface area contributed by atoms with Gasteiger partial charge in [0.15, 0.2) is 0 Å². The predicted molar refractivity (Wildman–Crippen MR) is 54.4 cm³/mol. The van der Waals surface area contributed by atoms with E-state index in [2.05, 4.69) is 5.92 Å². The number of aliphatic hydroxyl groups is 1. The molecule has 0 aliphatic rings. The zero-order valence-electron chi connectivity index (χ0n) is 7.50. The van der Waals surface area contributed by atoms with Crippen LogP contribution in [0.4, 0.5) is 4.39 Å². The molecule has 0 aliphatic heterocycles. The number of hydrogen-bond acceptors (Lipinski definition) is 1. The molecular weight excluding hydrogens is 203 g/mol. The normalized spacial score (nSPS) is 12.1. The van der Waals surface area contributed by atoms with E-state index in [-0.39, 0.29) is 10.6 Å². The summed E-state index contributed by atoms with van der Waals surface area (Å²) < 4.78 is 13.2. The first kappa shape index (κ1) is 11.0. The second-order valence-corrected chi connectivity index (χ2v) is 3.30. The Hall–Kier alpha value is -1.04. The summed E-state index contributed by atoms with van der Waals surface area (Å²) in [7, 11) is 0. The summed E-state index contributed by atoms with van der Waals surface area (Å²) >= 11 is 5.75. The lowest BCUT2D eigenvalue weighted by molar-refractivity contribution is 0.165. The molecule has 1 atom stereocenters. The van der Waals surface area contributed by atoms with Gasteiger partial charge >= 0.3 is 0 Å². The third kappa shape index (κ3) is 2.47. The number of hydrogen-bond donors (Lipinski definition) is 1. The van der Waals surface area contributed by atoms with Crippen LogP contribution in [0.3, 0.4) is 0 Å². The van der Waals surface area contributed by atoms with Crippen LogP contribution in [0.5, 0.6) is 0 Å². The highest BCUT2D eigenvalue weighted by atomic mass is 35.5. The third-order valence-corrected chi connectivity index (χ3v) is 2.22. The molecule has 0 bridgehead atoms. The van der Waals surface area contributed by atoms with Crippen molar-refractivity contribution < 1.29 is 9.50 Å². The van der Waals surface area contributed by atoms with Gasteiger partial charge in [0.25, 0.3) is 0 Å². The minimum absolute atomic E-state index is 0.129. The third-order valence-electron chi connectivity index (χ3n) is 1.90. The fourth-order valence-electron chi connectivity index (χ4n) is 1.19. The lowest BCUT2D eigenvalue weighted by atomic mass is 10.0. The molecule has 0 saturated carbocycles. The number of aliphatic hydroxyl groups excluding tert-OH is 1. The molecule has 0 aromatic heterocycles. The van der Waals surface area contributed by atoms with Gasteiger partial charge in [-0.25, -0.2) is 4.39 Å². The van der Waals surface area contributed by atoms with Gasteiger partial charge in [0.05, 0.1) is 6.10 Å². The molecule has 0 spiro atoms. The second-order valence-electron chi connectivity index (χ2n) is 2.89. The van der Waals surface area contributed by atoms with E-state index in [4.69, 9.17) is 18.0 Å². The van der Waals surface area contributed by atoms with E-state index in [1.54, 1.807) is 6.07 Å². The first-order chi connectivity index (χ1) is 6.66. The Labute approximate surface area is 87.5 Å². The van der Waals surface area contributed by atoms with Crippen LogP contribution >= 0.6 is 11.6 Å². The van der Waals surface area contributed by atoms with Gasteiger partial charge in [0.2, 0.25) is 0 Å².